The van der Waals surface area contributed by atoms with E-state index in [1.165, 1.54) is 0 Å². The van der Waals surface area contributed by atoms with Crippen LogP contribution >= 0.6 is 24.0 Å². The Morgan fingerprint density at radius 3 is 2.36 bits per heavy atom. The van der Waals surface area contributed by atoms with Crippen LogP contribution in [0.5, 0.6) is 0 Å². The van der Waals surface area contributed by atoms with Crippen molar-refractivity contribution in [2.24, 2.45) is 10.9 Å². The number of halogens is 1. The number of likely N-dealkylation sites (tertiary alicyclic amines) is 1. The Balaban J connectivity index is 0.00000729. The van der Waals surface area contributed by atoms with Gasteiger partial charge in [-0.3, -0.25) is 14.5 Å². The zero-order chi connectivity index (χ0) is 20.2. The van der Waals surface area contributed by atoms with E-state index in [0.717, 1.165) is 45.4 Å². The number of aliphatic imine (C=N–C) groups is 1. The van der Waals surface area contributed by atoms with E-state index in [1.807, 2.05) is 0 Å². The van der Waals surface area contributed by atoms with Crippen LogP contribution in [0.2, 0.25) is 0 Å². The van der Waals surface area contributed by atoms with Gasteiger partial charge in [0.25, 0.3) is 0 Å². The van der Waals surface area contributed by atoms with Crippen LogP contribution in [0.4, 0.5) is 0 Å². The predicted octanol–water partition coefficient (Wildman–Crippen LogP) is 0.874. The van der Waals surface area contributed by atoms with Crippen molar-refractivity contribution in [3.8, 4) is 0 Å². The Bertz CT molecular complexity index is 491. The second-order valence-corrected chi connectivity index (χ2v) is 7.77. The fourth-order valence-corrected chi connectivity index (χ4v) is 2.69. The predicted molar refractivity (Wildman–Crippen MR) is 125 cm³/mol. The molecule has 164 valence electrons. The molecule has 1 saturated heterocycles. The molecule has 1 fully saturated rings. The van der Waals surface area contributed by atoms with Gasteiger partial charge < -0.3 is 20.9 Å². The largest absolute Gasteiger partial charge is 0.356 e. The van der Waals surface area contributed by atoms with Crippen LogP contribution in [-0.4, -0.2) is 87.0 Å². The molecule has 0 bridgehead atoms. The van der Waals surface area contributed by atoms with E-state index >= 15 is 0 Å². The van der Waals surface area contributed by atoms with Crippen LogP contribution < -0.4 is 16.0 Å². The lowest BCUT2D eigenvalue weighted by Crippen LogP contribution is -2.50. The van der Waals surface area contributed by atoms with Crippen LogP contribution in [0.15, 0.2) is 4.99 Å². The molecule has 0 aromatic heterocycles. The minimum atomic E-state index is -0.0199. The van der Waals surface area contributed by atoms with Gasteiger partial charge in [-0.05, 0) is 25.2 Å². The molecule has 2 amide bonds. The highest BCUT2D eigenvalue weighted by molar-refractivity contribution is 14.0. The third-order valence-electron chi connectivity index (χ3n) is 4.42. The smallest absolute Gasteiger partial charge is 0.243 e. The van der Waals surface area contributed by atoms with Crippen LogP contribution in [0.1, 0.15) is 40.0 Å². The number of piperidine rings is 1. The maximum Gasteiger partial charge on any atom is 0.243 e. The van der Waals surface area contributed by atoms with E-state index in [1.54, 1.807) is 19.0 Å². The molecule has 1 heterocycles. The van der Waals surface area contributed by atoms with Crippen molar-refractivity contribution in [1.29, 1.82) is 0 Å². The minimum Gasteiger partial charge on any atom is -0.356 e. The molecule has 0 aromatic rings. The highest BCUT2D eigenvalue weighted by Gasteiger charge is 2.21. The Hall–Kier alpha value is -1.10. The number of hydrogen-bond donors (Lipinski definition) is 3. The molecule has 3 N–H and O–H groups in total. The van der Waals surface area contributed by atoms with E-state index in [2.05, 4.69) is 46.6 Å². The fraction of sp³-hybridized carbons (Fsp3) is 0.842. The third-order valence-corrected chi connectivity index (χ3v) is 4.42. The molecule has 0 spiro atoms. The monoisotopic (exact) mass is 510 g/mol. The first-order valence-electron chi connectivity index (χ1n) is 10.1. The number of likely N-dealkylation sites (N-methyl/N-ethyl adjacent to an activating group) is 1. The molecular weight excluding hydrogens is 471 g/mol. The summed E-state index contributed by atoms with van der Waals surface area (Å²) in [5.74, 6) is 1.27. The summed E-state index contributed by atoms with van der Waals surface area (Å²) in [7, 11) is 3.47. The van der Waals surface area contributed by atoms with Crippen molar-refractivity contribution in [2.45, 2.75) is 46.1 Å². The van der Waals surface area contributed by atoms with Gasteiger partial charge in [-0.25, -0.2) is 4.99 Å². The first-order chi connectivity index (χ1) is 12.8. The van der Waals surface area contributed by atoms with E-state index in [9.17, 15) is 9.59 Å². The van der Waals surface area contributed by atoms with Gasteiger partial charge in [0.1, 0.15) is 6.54 Å². The van der Waals surface area contributed by atoms with Gasteiger partial charge in [-0.15, -0.1) is 24.0 Å². The van der Waals surface area contributed by atoms with Gasteiger partial charge in [-0.2, -0.15) is 0 Å². The van der Waals surface area contributed by atoms with Crippen LogP contribution in [-0.2, 0) is 9.59 Å². The molecule has 0 unspecified atom stereocenters. The van der Waals surface area contributed by atoms with Crippen molar-refractivity contribution in [3.05, 3.63) is 0 Å². The molecule has 1 rings (SSSR count). The van der Waals surface area contributed by atoms with E-state index in [0.29, 0.717) is 24.5 Å². The average molecular weight is 510 g/mol. The number of carbonyl (C=O) groups excluding carboxylic acids is 2. The molecule has 0 aliphatic carbocycles. The topological polar surface area (TPSA) is 89.1 Å². The number of hydrogen-bond acceptors (Lipinski definition) is 4. The molecule has 0 atom stereocenters. The van der Waals surface area contributed by atoms with Crippen LogP contribution in [0.25, 0.3) is 0 Å². The van der Waals surface area contributed by atoms with Crippen molar-refractivity contribution in [1.82, 2.24) is 25.8 Å². The second-order valence-electron chi connectivity index (χ2n) is 7.77. The van der Waals surface area contributed by atoms with Crippen LogP contribution in [0.3, 0.4) is 0 Å². The van der Waals surface area contributed by atoms with E-state index in [-0.39, 0.29) is 42.3 Å². The summed E-state index contributed by atoms with van der Waals surface area (Å²) >= 11 is 0. The number of nitrogens with zero attached hydrogens (tertiary/aromatic N) is 3. The zero-order valence-electron chi connectivity index (χ0n) is 18.1. The maximum atomic E-state index is 11.8. The van der Waals surface area contributed by atoms with Crippen molar-refractivity contribution in [2.75, 3.05) is 53.4 Å². The molecule has 1 aliphatic rings. The molecule has 28 heavy (non-hydrogen) atoms. The SMILES string of the molecule is CCCNC(=O)CN1CCC(NC(=NCC(=O)N(C)C)NCC(C)C)CC1.I. The third kappa shape index (κ3) is 11.7. The summed E-state index contributed by atoms with van der Waals surface area (Å²) in [6.45, 7) is 10.2. The molecule has 1 aliphatic heterocycles. The minimum absolute atomic E-state index is 0. The normalized spacial score (nSPS) is 15.7. The highest BCUT2D eigenvalue weighted by Crippen LogP contribution is 2.10. The molecule has 0 radical (unpaired) electrons. The summed E-state index contributed by atoms with van der Waals surface area (Å²) in [6, 6.07) is 0.299. The highest BCUT2D eigenvalue weighted by atomic mass is 127. The van der Waals surface area contributed by atoms with Gasteiger partial charge in [0.2, 0.25) is 11.8 Å². The fourth-order valence-electron chi connectivity index (χ4n) is 2.69. The number of amides is 2. The Morgan fingerprint density at radius 1 is 1.18 bits per heavy atom. The van der Waals surface area contributed by atoms with E-state index in [4.69, 9.17) is 0 Å². The maximum absolute atomic E-state index is 11.8. The average Bonchev–Trinajstić information content (AvgIpc) is 2.63. The number of rotatable bonds is 9. The van der Waals surface area contributed by atoms with Crippen molar-refractivity contribution >= 4 is 41.8 Å². The molecule has 0 aromatic carbocycles. The number of carbonyl (C=O) groups is 2. The molecular formula is C19H39IN6O2. The van der Waals surface area contributed by atoms with Crippen molar-refractivity contribution < 1.29 is 9.59 Å². The van der Waals surface area contributed by atoms with Gasteiger partial charge in [-0.1, -0.05) is 20.8 Å². The standard InChI is InChI=1S/C19H38N6O2.HI/c1-6-9-20-17(26)14-25-10-7-16(8-11-25)23-19(21-12-15(2)3)22-13-18(27)24(4)5;/h15-16H,6-14H2,1-5H3,(H,20,26)(H2,21,22,23);1H. The number of guanidine groups is 1. The summed E-state index contributed by atoms with van der Waals surface area (Å²) in [6.07, 6.45) is 2.86. The zero-order valence-corrected chi connectivity index (χ0v) is 20.4. The lowest BCUT2D eigenvalue weighted by Gasteiger charge is -2.32. The van der Waals surface area contributed by atoms with Gasteiger partial charge in [0, 0.05) is 46.3 Å². The van der Waals surface area contributed by atoms with Gasteiger partial charge in [0.05, 0.1) is 6.54 Å². The lowest BCUT2D eigenvalue weighted by atomic mass is 10.1. The summed E-state index contributed by atoms with van der Waals surface area (Å²) in [5, 5.41) is 9.70. The number of nitrogens with one attached hydrogen (secondary N) is 3. The Labute approximate surface area is 187 Å². The van der Waals surface area contributed by atoms with Gasteiger partial charge in [0.15, 0.2) is 5.96 Å². The summed E-state index contributed by atoms with van der Waals surface area (Å²) < 4.78 is 0. The molecule has 0 saturated carbocycles. The first-order valence-corrected chi connectivity index (χ1v) is 10.1. The van der Waals surface area contributed by atoms with E-state index < -0.39 is 0 Å². The first kappa shape index (κ1) is 26.9. The molecule has 9 heteroatoms. The second kappa shape index (κ2) is 14.8. The van der Waals surface area contributed by atoms with Gasteiger partial charge >= 0.3 is 0 Å². The Morgan fingerprint density at radius 2 is 1.82 bits per heavy atom. The Kier molecular flexibility index (Phi) is 14.3. The quantitative estimate of drug-likeness (QED) is 0.244. The summed E-state index contributed by atoms with van der Waals surface area (Å²) in [4.78, 5) is 31.8. The lowest BCUT2D eigenvalue weighted by molar-refractivity contribution is -0.127. The summed E-state index contributed by atoms with van der Waals surface area (Å²) in [5.41, 5.74) is 0. The molecule has 8 nitrogen and oxygen atoms in total. The van der Waals surface area contributed by atoms with Crippen molar-refractivity contribution in [3.63, 3.8) is 0 Å². The van der Waals surface area contributed by atoms with Crippen LogP contribution in [0, 0.1) is 5.92 Å².